The molecule has 12 heavy (non-hydrogen) atoms. The van der Waals surface area contributed by atoms with Crippen molar-refractivity contribution in [1.82, 2.24) is 9.97 Å². The molecule has 1 aromatic rings. The number of hydrogen-bond donors (Lipinski definition) is 2. The van der Waals surface area contributed by atoms with Crippen LogP contribution >= 0.6 is 0 Å². The van der Waals surface area contributed by atoms with Gasteiger partial charge in [0.25, 0.3) is 0 Å². The zero-order valence-electron chi connectivity index (χ0n) is 7.69. The third kappa shape index (κ3) is 1.49. The molecule has 0 fully saturated rings. The minimum absolute atomic E-state index is 0.122. The van der Waals surface area contributed by atoms with E-state index in [4.69, 9.17) is 0 Å². The second kappa shape index (κ2) is 3.43. The summed E-state index contributed by atoms with van der Waals surface area (Å²) in [6.45, 7) is 5.96. The lowest BCUT2D eigenvalue weighted by molar-refractivity contribution is 1.04. The summed E-state index contributed by atoms with van der Waals surface area (Å²) < 4.78 is 0. The fraction of sp³-hybridized carbons (Fsp3) is 0.444. The van der Waals surface area contributed by atoms with E-state index in [1.54, 1.807) is 0 Å². The largest absolute Gasteiger partial charge is 0.323 e. The van der Waals surface area contributed by atoms with Gasteiger partial charge in [0.1, 0.15) is 0 Å². The standard InChI is InChI=1S/C9H14N2O/c1-4-6(3)8-7(5-2)10-9(12)11-8/h4H,5H2,1-3H3,(H2,10,11,12)/b6-4-. The fourth-order valence-electron chi connectivity index (χ4n) is 1.17. The number of hydrogen-bond acceptors (Lipinski definition) is 1. The van der Waals surface area contributed by atoms with Crippen LogP contribution in [0.15, 0.2) is 10.9 Å². The quantitative estimate of drug-likeness (QED) is 0.690. The Morgan fingerprint density at radius 3 is 2.67 bits per heavy atom. The Bertz CT molecular complexity index is 344. The predicted molar refractivity (Wildman–Crippen MR) is 50.1 cm³/mol. The van der Waals surface area contributed by atoms with Gasteiger partial charge in [0.2, 0.25) is 0 Å². The van der Waals surface area contributed by atoms with Crippen LogP contribution in [0.3, 0.4) is 0 Å². The molecule has 3 nitrogen and oxygen atoms in total. The van der Waals surface area contributed by atoms with Crippen molar-refractivity contribution in [3.8, 4) is 0 Å². The summed E-state index contributed by atoms with van der Waals surface area (Å²) in [5, 5.41) is 0. The average molecular weight is 166 g/mol. The van der Waals surface area contributed by atoms with Gasteiger partial charge in [0, 0.05) is 5.69 Å². The molecule has 0 spiro atoms. The Labute approximate surface area is 71.5 Å². The minimum Gasteiger partial charge on any atom is -0.309 e. The number of H-pyrrole nitrogens is 2. The second-order valence-electron chi connectivity index (χ2n) is 2.76. The lowest BCUT2D eigenvalue weighted by Crippen LogP contribution is -2.01. The first-order chi connectivity index (χ1) is 5.69. The maximum Gasteiger partial charge on any atom is 0.323 e. The molecule has 0 saturated heterocycles. The van der Waals surface area contributed by atoms with Crippen LogP contribution in [0, 0.1) is 0 Å². The Hall–Kier alpha value is -1.25. The van der Waals surface area contributed by atoms with Crippen molar-refractivity contribution in [2.75, 3.05) is 0 Å². The van der Waals surface area contributed by atoms with E-state index in [9.17, 15) is 4.79 Å². The van der Waals surface area contributed by atoms with Crippen LogP contribution in [0.5, 0.6) is 0 Å². The molecule has 1 aromatic heterocycles. The van der Waals surface area contributed by atoms with Crippen LogP contribution in [-0.4, -0.2) is 9.97 Å². The van der Waals surface area contributed by atoms with Gasteiger partial charge in [-0.15, -0.1) is 0 Å². The van der Waals surface area contributed by atoms with Crippen molar-refractivity contribution in [3.63, 3.8) is 0 Å². The topological polar surface area (TPSA) is 48.6 Å². The molecule has 1 heterocycles. The first kappa shape index (κ1) is 8.84. The molecule has 0 radical (unpaired) electrons. The molecular weight excluding hydrogens is 152 g/mol. The second-order valence-corrected chi connectivity index (χ2v) is 2.76. The number of nitrogens with one attached hydrogen (secondary N) is 2. The van der Waals surface area contributed by atoms with Crippen LogP contribution in [0.2, 0.25) is 0 Å². The van der Waals surface area contributed by atoms with E-state index in [1.165, 1.54) is 0 Å². The summed E-state index contributed by atoms with van der Waals surface area (Å²) in [7, 11) is 0. The molecule has 0 aromatic carbocycles. The fourth-order valence-corrected chi connectivity index (χ4v) is 1.17. The number of aromatic amines is 2. The summed E-state index contributed by atoms with van der Waals surface area (Å²) in [5.41, 5.74) is 2.90. The van der Waals surface area contributed by atoms with Crippen molar-refractivity contribution >= 4 is 5.57 Å². The van der Waals surface area contributed by atoms with Crippen LogP contribution < -0.4 is 5.69 Å². The molecule has 0 unspecified atom stereocenters. The van der Waals surface area contributed by atoms with Gasteiger partial charge in [-0.25, -0.2) is 4.79 Å². The Morgan fingerprint density at radius 2 is 2.17 bits per heavy atom. The molecule has 0 amide bonds. The van der Waals surface area contributed by atoms with Gasteiger partial charge in [0.05, 0.1) is 5.69 Å². The Kier molecular flexibility index (Phi) is 2.53. The van der Waals surface area contributed by atoms with Gasteiger partial charge in [-0.05, 0) is 25.8 Å². The molecule has 1 rings (SSSR count). The van der Waals surface area contributed by atoms with Crippen LogP contribution in [0.4, 0.5) is 0 Å². The van der Waals surface area contributed by atoms with Gasteiger partial charge >= 0.3 is 5.69 Å². The van der Waals surface area contributed by atoms with Crippen molar-refractivity contribution in [2.24, 2.45) is 0 Å². The van der Waals surface area contributed by atoms with Gasteiger partial charge < -0.3 is 9.97 Å². The minimum atomic E-state index is -0.122. The van der Waals surface area contributed by atoms with Crippen molar-refractivity contribution in [2.45, 2.75) is 27.2 Å². The van der Waals surface area contributed by atoms with E-state index in [-0.39, 0.29) is 5.69 Å². The van der Waals surface area contributed by atoms with E-state index < -0.39 is 0 Å². The van der Waals surface area contributed by atoms with Crippen LogP contribution in [-0.2, 0) is 6.42 Å². The average Bonchev–Trinajstić information content (AvgIpc) is 2.45. The van der Waals surface area contributed by atoms with Gasteiger partial charge in [-0.3, -0.25) is 0 Å². The third-order valence-electron chi connectivity index (χ3n) is 1.99. The zero-order chi connectivity index (χ0) is 9.14. The van der Waals surface area contributed by atoms with E-state index in [0.717, 1.165) is 23.4 Å². The zero-order valence-corrected chi connectivity index (χ0v) is 7.69. The van der Waals surface area contributed by atoms with E-state index in [2.05, 4.69) is 9.97 Å². The summed E-state index contributed by atoms with van der Waals surface area (Å²) in [4.78, 5) is 16.5. The third-order valence-corrected chi connectivity index (χ3v) is 1.99. The summed E-state index contributed by atoms with van der Waals surface area (Å²) in [6.07, 6.45) is 2.83. The summed E-state index contributed by atoms with van der Waals surface area (Å²) in [6, 6.07) is 0. The molecule has 0 saturated carbocycles. The highest BCUT2D eigenvalue weighted by Gasteiger charge is 2.05. The molecular formula is C9H14N2O. The molecule has 3 heteroatoms. The van der Waals surface area contributed by atoms with Crippen molar-refractivity contribution in [3.05, 3.63) is 27.9 Å². The van der Waals surface area contributed by atoms with Gasteiger partial charge in [0.15, 0.2) is 0 Å². The van der Waals surface area contributed by atoms with E-state index in [0.29, 0.717) is 0 Å². The van der Waals surface area contributed by atoms with Crippen molar-refractivity contribution in [1.29, 1.82) is 0 Å². The van der Waals surface area contributed by atoms with Crippen LogP contribution in [0.25, 0.3) is 5.57 Å². The smallest absolute Gasteiger partial charge is 0.309 e. The molecule has 0 atom stereocenters. The normalized spacial score (nSPS) is 12.1. The van der Waals surface area contributed by atoms with Gasteiger partial charge in [-0.1, -0.05) is 13.0 Å². The SMILES string of the molecule is C/C=C(/C)c1[nH]c(=O)[nH]c1CC. The summed E-state index contributed by atoms with van der Waals surface area (Å²) >= 11 is 0. The number of aryl methyl sites for hydroxylation is 1. The predicted octanol–water partition coefficient (Wildman–Crippen LogP) is 1.69. The lowest BCUT2D eigenvalue weighted by atomic mass is 10.1. The molecule has 0 aliphatic heterocycles. The van der Waals surface area contributed by atoms with Gasteiger partial charge in [-0.2, -0.15) is 0 Å². The highest BCUT2D eigenvalue weighted by Crippen LogP contribution is 2.12. The number of imidazole rings is 1. The maximum absolute atomic E-state index is 11.0. The first-order valence-electron chi connectivity index (χ1n) is 4.13. The molecule has 2 N–H and O–H groups in total. The summed E-state index contributed by atoms with van der Waals surface area (Å²) in [5.74, 6) is 0. The number of aromatic nitrogens is 2. The molecule has 0 aliphatic carbocycles. The number of allylic oxidation sites excluding steroid dienone is 2. The van der Waals surface area contributed by atoms with E-state index in [1.807, 2.05) is 26.8 Å². The van der Waals surface area contributed by atoms with Crippen molar-refractivity contribution < 1.29 is 0 Å². The highest BCUT2D eigenvalue weighted by atomic mass is 16.1. The highest BCUT2D eigenvalue weighted by molar-refractivity contribution is 5.61. The number of rotatable bonds is 2. The molecule has 66 valence electrons. The molecule has 0 aliphatic rings. The van der Waals surface area contributed by atoms with E-state index >= 15 is 0 Å². The Morgan fingerprint density at radius 1 is 1.50 bits per heavy atom. The molecule has 0 bridgehead atoms. The first-order valence-corrected chi connectivity index (χ1v) is 4.13. The Balaban J connectivity index is 3.22. The monoisotopic (exact) mass is 166 g/mol. The lowest BCUT2D eigenvalue weighted by Gasteiger charge is -1.98. The van der Waals surface area contributed by atoms with Crippen LogP contribution in [0.1, 0.15) is 32.2 Å². The maximum atomic E-state index is 11.0.